The minimum Gasteiger partial charge on any atom is -0.375 e. The van der Waals surface area contributed by atoms with Gasteiger partial charge in [0.2, 0.25) is 11.8 Å². The molecule has 2 amide bonds. The fourth-order valence-electron chi connectivity index (χ4n) is 1.50. The number of hydrogen-bond donors (Lipinski definition) is 5. The number of carbonyl (C=O) groups is 2. The number of amides is 2. The van der Waals surface area contributed by atoms with Gasteiger partial charge in [0.25, 0.3) is 0 Å². The Labute approximate surface area is 125 Å². The van der Waals surface area contributed by atoms with Gasteiger partial charge in [0.15, 0.2) is 0 Å². The summed E-state index contributed by atoms with van der Waals surface area (Å²) in [5, 5.41) is 17.6. The molecule has 0 aliphatic carbocycles. The van der Waals surface area contributed by atoms with Crippen molar-refractivity contribution in [3.05, 3.63) is 38.0 Å². The molecule has 0 saturated carbocycles. The number of hydrogen-bond acceptors (Lipinski definition) is 5. The third-order valence-corrected chi connectivity index (χ3v) is 2.99. The van der Waals surface area contributed by atoms with Crippen LogP contribution in [-0.4, -0.2) is 49.3 Å². The first kappa shape index (κ1) is 19.0. The van der Waals surface area contributed by atoms with E-state index < -0.39 is 11.6 Å². The van der Waals surface area contributed by atoms with Gasteiger partial charge in [-0.2, -0.15) is 0 Å². The molecule has 0 spiro atoms. The minimum absolute atomic E-state index is 0.179. The molecule has 0 fully saturated rings. The molecule has 7 heteroatoms. The lowest BCUT2D eigenvalue weighted by Crippen LogP contribution is -2.55. The Balaban J connectivity index is 4.83. The molecular weight excluding hydrogens is 272 g/mol. The molecular formula is C14H24N4O3. The number of rotatable bonds is 11. The van der Waals surface area contributed by atoms with Crippen molar-refractivity contribution in [2.45, 2.75) is 6.23 Å². The summed E-state index contributed by atoms with van der Waals surface area (Å²) in [5.74, 6) is -0.681. The molecule has 6 N–H and O–H groups in total. The molecule has 0 aliphatic heterocycles. The van der Waals surface area contributed by atoms with Crippen molar-refractivity contribution >= 4 is 11.8 Å². The van der Waals surface area contributed by atoms with E-state index in [4.69, 9.17) is 5.73 Å². The van der Waals surface area contributed by atoms with E-state index in [1.54, 1.807) is 0 Å². The second kappa shape index (κ2) is 9.87. The van der Waals surface area contributed by atoms with Crippen LogP contribution >= 0.6 is 0 Å². The number of aliphatic hydroxyl groups is 1. The fourth-order valence-corrected chi connectivity index (χ4v) is 1.50. The lowest BCUT2D eigenvalue weighted by molar-refractivity contribution is -0.117. The van der Waals surface area contributed by atoms with E-state index in [1.807, 2.05) is 0 Å². The average Bonchev–Trinajstić information content (AvgIpc) is 2.53. The molecule has 118 valence electrons. The molecule has 0 aromatic carbocycles. The van der Waals surface area contributed by atoms with Crippen molar-refractivity contribution in [1.82, 2.24) is 16.0 Å². The Bertz CT molecular complexity index is 372. The predicted octanol–water partition coefficient (Wildman–Crippen LogP) is -1.37. The van der Waals surface area contributed by atoms with Crippen molar-refractivity contribution in [2.75, 3.05) is 26.2 Å². The van der Waals surface area contributed by atoms with Gasteiger partial charge < -0.3 is 21.5 Å². The minimum atomic E-state index is -0.902. The predicted molar refractivity (Wildman–Crippen MR) is 82.1 cm³/mol. The van der Waals surface area contributed by atoms with Crippen LogP contribution in [-0.2, 0) is 9.59 Å². The van der Waals surface area contributed by atoms with E-state index in [9.17, 15) is 14.7 Å². The smallest absolute Gasteiger partial charge is 0.243 e. The van der Waals surface area contributed by atoms with Gasteiger partial charge >= 0.3 is 0 Å². The number of aliphatic hydroxyl groups excluding tert-OH is 1. The van der Waals surface area contributed by atoms with Crippen LogP contribution in [0.1, 0.15) is 0 Å². The van der Waals surface area contributed by atoms with Gasteiger partial charge in [0, 0.05) is 31.6 Å². The largest absolute Gasteiger partial charge is 0.375 e. The van der Waals surface area contributed by atoms with Gasteiger partial charge in [-0.25, -0.2) is 0 Å². The first-order valence-electron chi connectivity index (χ1n) is 6.47. The van der Waals surface area contributed by atoms with Crippen molar-refractivity contribution in [1.29, 1.82) is 0 Å². The molecule has 1 unspecified atom stereocenters. The number of nitrogens with one attached hydrogen (secondary N) is 3. The Kier molecular flexibility index (Phi) is 8.95. The SMILES string of the molecule is C=CC(=O)NCC(CN)(CNC(=O)C=C)CNC(O)C=C. The van der Waals surface area contributed by atoms with Crippen molar-refractivity contribution in [3.63, 3.8) is 0 Å². The number of carbonyl (C=O) groups excluding carboxylic acids is 2. The highest BCUT2D eigenvalue weighted by Gasteiger charge is 2.30. The van der Waals surface area contributed by atoms with Crippen LogP contribution in [0.5, 0.6) is 0 Å². The average molecular weight is 296 g/mol. The summed E-state index contributed by atoms with van der Waals surface area (Å²) in [7, 11) is 0. The van der Waals surface area contributed by atoms with Gasteiger partial charge in [0.05, 0.1) is 0 Å². The molecule has 0 heterocycles. The van der Waals surface area contributed by atoms with Crippen LogP contribution in [0, 0.1) is 5.41 Å². The molecule has 0 aromatic heterocycles. The Morgan fingerprint density at radius 1 is 1.10 bits per heavy atom. The van der Waals surface area contributed by atoms with Crippen LogP contribution in [0.15, 0.2) is 38.0 Å². The fraction of sp³-hybridized carbons (Fsp3) is 0.429. The number of nitrogens with two attached hydrogens (primary N) is 1. The van der Waals surface area contributed by atoms with Crippen LogP contribution in [0.25, 0.3) is 0 Å². The summed E-state index contributed by atoms with van der Waals surface area (Å²) < 4.78 is 0. The second-order valence-electron chi connectivity index (χ2n) is 4.61. The van der Waals surface area contributed by atoms with E-state index >= 15 is 0 Å². The monoisotopic (exact) mass is 296 g/mol. The standard InChI is InChI=1S/C14H24N4O3/c1-4-11(19)16-8-14(7-15,9-17-12(20)5-2)10-18-13(21)6-3/h4-6,11,16,19H,1-3,7-10,15H2,(H,17,20)(H,18,21). The van der Waals surface area contributed by atoms with E-state index in [-0.39, 0.29) is 38.0 Å². The molecule has 7 nitrogen and oxygen atoms in total. The highest BCUT2D eigenvalue weighted by Crippen LogP contribution is 2.12. The summed E-state index contributed by atoms with van der Waals surface area (Å²) >= 11 is 0. The molecule has 1 atom stereocenters. The first-order valence-corrected chi connectivity index (χ1v) is 6.47. The normalized spacial score (nSPS) is 12.1. The molecule has 0 aromatic rings. The van der Waals surface area contributed by atoms with Gasteiger partial charge in [0.1, 0.15) is 6.23 Å². The quantitative estimate of drug-likeness (QED) is 0.183. The van der Waals surface area contributed by atoms with Crippen molar-refractivity contribution in [3.8, 4) is 0 Å². The Hall–Kier alpha value is -1.96. The molecule has 0 saturated heterocycles. The summed E-state index contributed by atoms with van der Waals surface area (Å²) in [6, 6.07) is 0. The van der Waals surface area contributed by atoms with E-state index in [0.29, 0.717) is 0 Å². The molecule has 0 aliphatic rings. The van der Waals surface area contributed by atoms with Gasteiger partial charge in [-0.3, -0.25) is 14.9 Å². The lowest BCUT2D eigenvalue weighted by Gasteiger charge is -2.33. The molecule has 21 heavy (non-hydrogen) atoms. The summed E-state index contributed by atoms with van der Waals surface area (Å²) in [6.45, 7) is 11.1. The Morgan fingerprint density at radius 2 is 1.57 bits per heavy atom. The Morgan fingerprint density at radius 3 is 1.90 bits per heavy atom. The topological polar surface area (TPSA) is 116 Å². The van der Waals surface area contributed by atoms with Crippen molar-refractivity contribution in [2.24, 2.45) is 11.1 Å². The first-order chi connectivity index (χ1) is 9.92. The molecule has 0 rings (SSSR count). The second-order valence-corrected chi connectivity index (χ2v) is 4.61. The maximum Gasteiger partial charge on any atom is 0.243 e. The zero-order valence-corrected chi connectivity index (χ0v) is 12.1. The summed E-state index contributed by atoms with van der Waals surface area (Å²) in [5.41, 5.74) is 5.12. The highest BCUT2D eigenvalue weighted by atomic mass is 16.3. The third kappa shape index (κ3) is 7.40. The third-order valence-electron chi connectivity index (χ3n) is 2.99. The van der Waals surface area contributed by atoms with Crippen LogP contribution in [0.3, 0.4) is 0 Å². The summed E-state index contributed by atoms with van der Waals surface area (Å²) in [4.78, 5) is 22.6. The van der Waals surface area contributed by atoms with E-state index in [0.717, 1.165) is 12.2 Å². The van der Waals surface area contributed by atoms with Gasteiger partial charge in [-0.1, -0.05) is 19.7 Å². The molecule has 0 bridgehead atoms. The van der Waals surface area contributed by atoms with Crippen LogP contribution < -0.4 is 21.7 Å². The lowest BCUT2D eigenvalue weighted by atomic mass is 9.87. The summed E-state index contributed by atoms with van der Waals surface area (Å²) in [6.07, 6.45) is 2.72. The van der Waals surface area contributed by atoms with Crippen LogP contribution in [0.4, 0.5) is 0 Å². The maximum absolute atomic E-state index is 11.3. The highest BCUT2D eigenvalue weighted by molar-refractivity contribution is 5.87. The molecule has 0 radical (unpaired) electrons. The van der Waals surface area contributed by atoms with Crippen LogP contribution in [0.2, 0.25) is 0 Å². The van der Waals surface area contributed by atoms with E-state index in [2.05, 4.69) is 35.7 Å². The zero-order valence-electron chi connectivity index (χ0n) is 12.1. The maximum atomic E-state index is 11.3. The van der Waals surface area contributed by atoms with Gasteiger partial charge in [-0.15, -0.1) is 0 Å². The zero-order chi connectivity index (χ0) is 16.3. The van der Waals surface area contributed by atoms with Crippen molar-refractivity contribution < 1.29 is 14.7 Å². The van der Waals surface area contributed by atoms with Gasteiger partial charge in [-0.05, 0) is 18.2 Å². The van der Waals surface area contributed by atoms with E-state index in [1.165, 1.54) is 6.08 Å².